The van der Waals surface area contributed by atoms with E-state index in [4.69, 9.17) is 38.7 Å². The minimum absolute atomic E-state index is 0.0316. The Hall–Kier alpha value is -6.07. The van der Waals surface area contributed by atoms with Crippen molar-refractivity contribution in [1.29, 1.82) is 0 Å². The van der Waals surface area contributed by atoms with Gasteiger partial charge in [0, 0.05) is 84.9 Å². The van der Waals surface area contributed by atoms with E-state index in [9.17, 15) is 53.3 Å². The third-order valence-corrected chi connectivity index (χ3v) is 7.71. The summed E-state index contributed by atoms with van der Waals surface area (Å²) in [6.45, 7) is 26.1. The van der Waals surface area contributed by atoms with Gasteiger partial charge in [0.2, 0.25) is 23.6 Å². The smallest absolute Gasteiger partial charge is 0.308 e. The van der Waals surface area contributed by atoms with E-state index in [1.165, 1.54) is 38.1 Å². The summed E-state index contributed by atoms with van der Waals surface area (Å²) in [6, 6.07) is 4.15. The number of hydrogen-bond acceptors (Lipinski definition) is 20. The van der Waals surface area contributed by atoms with Crippen LogP contribution in [0.3, 0.4) is 0 Å². The van der Waals surface area contributed by atoms with Crippen molar-refractivity contribution in [1.82, 2.24) is 31.9 Å². The molecule has 1 aliphatic heterocycles. The molecule has 0 spiro atoms. The zero-order valence-electron chi connectivity index (χ0n) is 44.3. The largest absolute Gasteiger partial charge is 0.481 e. The summed E-state index contributed by atoms with van der Waals surface area (Å²) in [7, 11) is 0. The molecule has 0 aliphatic carbocycles. The van der Waals surface area contributed by atoms with E-state index in [2.05, 4.69) is 52.3 Å². The molecule has 6 amide bonds. The maximum atomic E-state index is 11.8. The quantitative estimate of drug-likeness (QED) is 0.00729. The molecule has 0 bridgehead atoms. The van der Waals surface area contributed by atoms with Crippen molar-refractivity contribution in [2.45, 2.75) is 127 Å². The van der Waals surface area contributed by atoms with Gasteiger partial charge in [-0.1, -0.05) is 27.7 Å². The number of ether oxygens (including phenoxy) is 7. The fourth-order valence-corrected chi connectivity index (χ4v) is 4.62. The molecule has 0 radical (unpaired) electrons. The van der Waals surface area contributed by atoms with E-state index in [0.29, 0.717) is 45.3 Å². The standard InChI is InChI=1S/C13H21N5O7.C12H26O4.C8H7NO4.C5H12O2.C4H5NO3.C4H10/c1-8(20)18-16-7-10(21)15-6-11(22)17-9(2-3-12(23)24)13(25)14-4-5-19;1-6-13-11(14-7-2)10(5)12(15-8-3)16-9-4;1-6(10)13-8-4-2-7(3-5-8)9(11)12;1-3-6-5-7-4-2;6-3-1-2-4(7)5(3)8;1-4(2)3/h5,9,16H,2-4,6-7H2,1H3,(H,14,25)(H,15,21)(H,17,22)(H,18,20)(H,23,24);10-12H,6-9H2,1-5H3;2-5H,1H3;3-5H2,1-2H3;8H,1-2H2;4H,1-3H3/t9-;;;;;/m0...../s1. The Morgan fingerprint density at radius 3 is 1.56 bits per heavy atom. The summed E-state index contributed by atoms with van der Waals surface area (Å²) in [4.78, 5) is 107. The Balaban J connectivity index is -0.000000427. The monoisotopic (exact) mass is 1050 g/mol. The highest BCUT2D eigenvalue weighted by molar-refractivity contribution is 6.00. The summed E-state index contributed by atoms with van der Waals surface area (Å²) >= 11 is 0. The molecule has 1 aromatic carbocycles. The minimum Gasteiger partial charge on any atom is -0.481 e. The first kappa shape index (κ1) is 73.5. The summed E-state index contributed by atoms with van der Waals surface area (Å²) < 4.78 is 36.5. The van der Waals surface area contributed by atoms with Crippen molar-refractivity contribution < 1.29 is 91.5 Å². The fourth-order valence-electron chi connectivity index (χ4n) is 4.62. The highest BCUT2D eigenvalue weighted by atomic mass is 16.7. The van der Waals surface area contributed by atoms with Crippen LogP contribution >= 0.6 is 0 Å². The second kappa shape index (κ2) is 48.2. The zero-order valence-corrected chi connectivity index (χ0v) is 44.3. The number of non-ortho nitro benzene ring substituents is 1. The molecule has 2 rings (SSSR count). The van der Waals surface area contributed by atoms with Crippen LogP contribution < -0.4 is 31.5 Å². The number of hydrazine groups is 1. The molecule has 7 N–H and O–H groups in total. The Labute approximate surface area is 427 Å². The number of hydroxylamine groups is 2. The molecule has 1 saturated heterocycles. The summed E-state index contributed by atoms with van der Waals surface area (Å²) in [5.74, 6) is -3.83. The number of amides is 6. The van der Waals surface area contributed by atoms with Gasteiger partial charge < -0.3 is 59.0 Å². The first-order chi connectivity index (χ1) is 34.4. The topological polar surface area (TPSA) is 365 Å². The third-order valence-electron chi connectivity index (χ3n) is 7.71. The van der Waals surface area contributed by atoms with E-state index >= 15 is 0 Å². The Morgan fingerprint density at radius 2 is 1.22 bits per heavy atom. The van der Waals surface area contributed by atoms with E-state index < -0.39 is 64.9 Å². The number of rotatable bonds is 28. The lowest BCUT2D eigenvalue weighted by atomic mass is 10.1. The number of carbonyl (C=O) groups is 9. The average Bonchev–Trinajstić information content (AvgIpc) is 3.62. The number of esters is 1. The van der Waals surface area contributed by atoms with Crippen LogP contribution in [0.2, 0.25) is 0 Å². The number of aliphatic carboxylic acids is 1. The number of nitro groups is 1. The second-order valence-corrected chi connectivity index (χ2v) is 15.0. The molecule has 0 saturated carbocycles. The number of carboxylic acid groups (broad SMARTS) is 1. The van der Waals surface area contributed by atoms with Crippen LogP contribution in [0.1, 0.15) is 109 Å². The van der Waals surface area contributed by atoms with Gasteiger partial charge in [-0.3, -0.25) is 59.1 Å². The zero-order chi connectivity index (χ0) is 56.7. The van der Waals surface area contributed by atoms with Crippen molar-refractivity contribution in [3.05, 3.63) is 34.4 Å². The number of hydrogen-bond donors (Lipinski definition) is 7. The summed E-state index contributed by atoms with van der Waals surface area (Å²) in [6.07, 6.45) is -0.340. The predicted octanol–water partition coefficient (Wildman–Crippen LogP) is 2.55. The number of carbonyl (C=O) groups excluding carboxylic acids is 8. The number of aldehydes is 1. The average molecular weight is 1050 g/mol. The SMILES string of the molecule is CC(=O)NNCC(=O)NCC(=O)N[C@@H](CCC(=O)O)C(=O)NCC=O.CC(=O)Oc1ccc([N+](=O)[O-])cc1.CC(C)C.CCOC(OCC)C(C)C(OCC)OCC.CCOCOCC.O=C1CCC(=O)N1O. The Morgan fingerprint density at radius 1 is 0.753 bits per heavy atom. The molecule has 1 aliphatic rings. The lowest BCUT2D eigenvalue weighted by molar-refractivity contribution is -0.384. The van der Waals surface area contributed by atoms with Gasteiger partial charge >= 0.3 is 11.9 Å². The first-order valence-electron chi connectivity index (χ1n) is 23.5. The maximum Gasteiger partial charge on any atom is 0.308 e. The number of nitrogens with zero attached hydrogens (tertiary/aromatic N) is 2. The molecule has 0 aromatic heterocycles. The van der Waals surface area contributed by atoms with Crippen LogP contribution in [0.5, 0.6) is 5.75 Å². The molecule has 420 valence electrons. The van der Waals surface area contributed by atoms with Crippen molar-refractivity contribution in [2.75, 3.05) is 66.1 Å². The highest BCUT2D eigenvalue weighted by Crippen LogP contribution is 2.19. The normalized spacial score (nSPS) is 11.7. The molecular weight excluding hydrogens is 971 g/mol. The van der Waals surface area contributed by atoms with Gasteiger partial charge in [0.25, 0.3) is 17.5 Å². The maximum absolute atomic E-state index is 11.8. The number of imide groups is 1. The molecule has 73 heavy (non-hydrogen) atoms. The number of benzene rings is 1. The van der Waals surface area contributed by atoms with E-state index in [1.807, 2.05) is 48.5 Å². The van der Waals surface area contributed by atoms with E-state index in [0.717, 1.165) is 19.1 Å². The molecule has 27 nitrogen and oxygen atoms in total. The van der Waals surface area contributed by atoms with Crippen LogP contribution in [0, 0.1) is 22.0 Å². The van der Waals surface area contributed by atoms with Crippen molar-refractivity contribution in [2.24, 2.45) is 11.8 Å². The second-order valence-electron chi connectivity index (χ2n) is 15.0. The van der Waals surface area contributed by atoms with Crippen LogP contribution in [0.4, 0.5) is 5.69 Å². The molecule has 1 aromatic rings. The van der Waals surface area contributed by atoms with Crippen LogP contribution in [0.15, 0.2) is 24.3 Å². The van der Waals surface area contributed by atoms with Crippen molar-refractivity contribution in [3.8, 4) is 5.75 Å². The molecule has 1 atom stereocenters. The van der Waals surface area contributed by atoms with Crippen LogP contribution in [-0.2, 0) is 71.6 Å². The minimum atomic E-state index is -1.15. The Bertz CT molecular complexity index is 1670. The predicted molar refractivity (Wildman–Crippen MR) is 262 cm³/mol. The van der Waals surface area contributed by atoms with Crippen LogP contribution in [-0.4, -0.2) is 159 Å². The molecule has 27 heteroatoms. The van der Waals surface area contributed by atoms with Gasteiger partial charge in [-0.25, -0.2) is 5.43 Å². The van der Waals surface area contributed by atoms with Gasteiger partial charge in [0.1, 0.15) is 24.9 Å². The number of nitro benzene ring substituents is 1. The molecule has 1 fully saturated rings. The van der Waals surface area contributed by atoms with E-state index in [-0.39, 0.29) is 68.0 Å². The third kappa shape index (κ3) is 45.5. The van der Waals surface area contributed by atoms with Gasteiger partial charge in [-0.2, -0.15) is 5.06 Å². The van der Waals surface area contributed by atoms with Crippen molar-refractivity contribution in [3.63, 3.8) is 0 Å². The summed E-state index contributed by atoms with van der Waals surface area (Å²) in [5, 5.41) is 34.2. The fraction of sp³-hybridized carbons (Fsp3) is 0.674. The molecule has 0 unspecified atom stereocenters. The lowest BCUT2D eigenvalue weighted by Gasteiger charge is -2.29. The number of carboxylic acids is 1. The molecule has 1 heterocycles. The Kier molecular flexibility index (Phi) is 48.5. The summed E-state index contributed by atoms with van der Waals surface area (Å²) in [5.41, 5.74) is 4.46. The number of nitrogens with one attached hydrogen (secondary N) is 5. The van der Waals surface area contributed by atoms with E-state index in [1.54, 1.807) is 0 Å². The van der Waals surface area contributed by atoms with Gasteiger partial charge in [0.05, 0.1) is 30.5 Å². The van der Waals surface area contributed by atoms with Crippen LogP contribution in [0.25, 0.3) is 0 Å². The molecular formula is C46H81N7O20. The van der Waals surface area contributed by atoms with Gasteiger partial charge in [-0.15, -0.1) is 0 Å². The van der Waals surface area contributed by atoms with Crippen molar-refractivity contribution >= 4 is 59.4 Å². The van der Waals surface area contributed by atoms with Gasteiger partial charge in [-0.05, 0) is 66.0 Å². The van der Waals surface area contributed by atoms with Gasteiger partial charge in [0.15, 0.2) is 12.6 Å². The first-order valence-corrected chi connectivity index (χ1v) is 23.5. The highest BCUT2D eigenvalue weighted by Gasteiger charge is 2.28. The lowest BCUT2D eigenvalue weighted by Crippen LogP contribution is -2.51.